The summed E-state index contributed by atoms with van der Waals surface area (Å²) < 4.78 is 27.9. The summed E-state index contributed by atoms with van der Waals surface area (Å²) in [4.78, 5) is 17.0. The van der Waals surface area contributed by atoms with Gasteiger partial charge >= 0.3 is 5.97 Å². The van der Waals surface area contributed by atoms with Crippen molar-refractivity contribution in [2.24, 2.45) is 0 Å². The highest BCUT2D eigenvalue weighted by atomic mass is 79.9. The lowest BCUT2D eigenvalue weighted by molar-refractivity contribution is -0.173. The number of anilines is 1. The minimum absolute atomic E-state index is 0.00939. The highest BCUT2D eigenvalue weighted by Crippen LogP contribution is 2.43. The predicted molar refractivity (Wildman–Crippen MR) is 137 cm³/mol. The molecular weight excluding hydrogens is 547 g/mol. The molecule has 0 aliphatic heterocycles. The number of hydrogen-bond donors (Lipinski definition) is 2. The number of halogens is 2. The number of nitrogens with zero attached hydrogens (tertiary/aromatic N) is 5. The summed E-state index contributed by atoms with van der Waals surface area (Å²) >= 11 is 3.59. The number of fused-ring (bicyclic) bond motifs is 1. The lowest BCUT2D eigenvalue weighted by Gasteiger charge is -2.36. The van der Waals surface area contributed by atoms with Crippen LogP contribution in [0.1, 0.15) is 37.3 Å². The molecule has 3 N–H and O–H groups in total. The molecule has 0 bridgehead atoms. The van der Waals surface area contributed by atoms with Gasteiger partial charge in [-0.05, 0) is 65.9 Å². The van der Waals surface area contributed by atoms with Crippen LogP contribution in [-0.2, 0) is 14.3 Å². The van der Waals surface area contributed by atoms with Gasteiger partial charge in [0.1, 0.15) is 11.6 Å². The summed E-state index contributed by atoms with van der Waals surface area (Å²) in [6.45, 7) is 0.555. The van der Waals surface area contributed by atoms with Crippen molar-refractivity contribution >= 4 is 33.4 Å². The minimum Gasteiger partial charge on any atom is -0.479 e. The third kappa shape index (κ3) is 4.72. The molecule has 5 rings (SSSR count). The Morgan fingerprint density at radius 3 is 2.62 bits per heavy atom. The average Bonchev–Trinajstić information content (AvgIpc) is 3.55. The van der Waals surface area contributed by atoms with E-state index in [-0.39, 0.29) is 18.3 Å². The standard InChI is InChI=1S/C25H26BrFN6O4/c1-36-10-11-37-25(24(34)35)8-6-15(7-9-25)21-20(26)22(28)33-23(31-21)19(13-30-33)16-12-29-32(14-16)18-4-2-17(27)3-5-18/h2-5,12-15H,6-11,28H2,1H3,(H,34,35). The summed E-state index contributed by atoms with van der Waals surface area (Å²) in [6, 6.07) is 6.05. The summed E-state index contributed by atoms with van der Waals surface area (Å²) in [5.41, 5.74) is 8.77. The second-order valence-electron chi connectivity index (χ2n) is 9.05. The van der Waals surface area contributed by atoms with E-state index in [2.05, 4.69) is 26.1 Å². The van der Waals surface area contributed by atoms with Gasteiger partial charge in [-0.15, -0.1) is 0 Å². The molecule has 3 heterocycles. The number of carboxylic acids is 1. The maximum Gasteiger partial charge on any atom is 0.335 e. The zero-order chi connectivity index (χ0) is 26.2. The van der Waals surface area contributed by atoms with Gasteiger partial charge in [-0.3, -0.25) is 0 Å². The van der Waals surface area contributed by atoms with Crippen molar-refractivity contribution in [3.63, 3.8) is 0 Å². The number of benzene rings is 1. The Hall–Kier alpha value is -3.35. The largest absolute Gasteiger partial charge is 0.479 e. The molecule has 10 nitrogen and oxygen atoms in total. The van der Waals surface area contributed by atoms with Crippen LogP contribution in [0.4, 0.5) is 10.2 Å². The zero-order valence-corrected chi connectivity index (χ0v) is 21.7. The molecule has 0 unspecified atom stereocenters. The van der Waals surface area contributed by atoms with Crippen molar-refractivity contribution in [2.75, 3.05) is 26.1 Å². The number of carboxylic acid groups (broad SMARTS) is 1. The number of ether oxygens (including phenoxy) is 2. The molecule has 1 aliphatic carbocycles. The number of methoxy groups -OCH3 is 1. The zero-order valence-electron chi connectivity index (χ0n) is 20.1. The van der Waals surface area contributed by atoms with Crippen LogP contribution < -0.4 is 5.73 Å². The van der Waals surface area contributed by atoms with Crippen molar-refractivity contribution in [1.82, 2.24) is 24.4 Å². The number of nitrogen functional groups attached to an aromatic ring is 1. The number of nitrogens with two attached hydrogens (primary N) is 1. The SMILES string of the molecule is COCCOC1(C(=O)O)CCC(c2nc3c(-c4cnn(-c5ccc(F)cc5)c4)cnn3c(N)c2Br)CC1. The first-order chi connectivity index (χ1) is 17.8. The quantitative estimate of drug-likeness (QED) is 0.300. The Bertz CT molecular complexity index is 1430. The molecule has 194 valence electrons. The molecule has 0 atom stereocenters. The normalized spacial score (nSPS) is 19.9. The molecule has 1 aromatic carbocycles. The monoisotopic (exact) mass is 572 g/mol. The third-order valence-corrected chi connectivity index (χ3v) is 7.68. The van der Waals surface area contributed by atoms with Crippen molar-refractivity contribution in [3.05, 3.63) is 58.8 Å². The van der Waals surface area contributed by atoms with Gasteiger partial charge in [-0.25, -0.2) is 18.9 Å². The van der Waals surface area contributed by atoms with Crippen molar-refractivity contribution in [3.8, 4) is 16.8 Å². The Morgan fingerprint density at radius 1 is 1.22 bits per heavy atom. The van der Waals surface area contributed by atoms with E-state index in [0.717, 1.165) is 22.5 Å². The molecule has 1 fully saturated rings. The Morgan fingerprint density at radius 2 is 1.95 bits per heavy atom. The molecule has 1 saturated carbocycles. The van der Waals surface area contributed by atoms with E-state index in [0.29, 0.717) is 48.2 Å². The van der Waals surface area contributed by atoms with Gasteiger partial charge < -0.3 is 20.3 Å². The number of aliphatic carboxylic acids is 1. The fraction of sp³-hybridized carbons (Fsp3) is 0.360. The topological polar surface area (TPSA) is 130 Å². The first-order valence-electron chi connectivity index (χ1n) is 11.8. The van der Waals surface area contributed by atoms with E-state index in [4.69, 9.17) is 20.2 Å². The van der Waals surface area contributed by atoms with Crippen LogP contribution in [0.15, 0.2) is 47.3 Å². The molecule has 3 aromatic heterocycles. The molecule has 0 saturated heterocycles. The average molecular weight is 573 g/mol. The van der Waals surface area contributed by atoms with Gasteiger partial charge in [-0.2, -0.15) is 14.7 Å². The second-order valence-corrected chi connectivity index (χ2v) is 9.85. The van der Waals surface area contributed by atoms with Crippen LogP contribution in [0.3, 0.4) is 0 Å². The van der Waals surface area contributed by atoms with Crippen LogP contribution >= 0.6 is 15.9 Å². The van der Waals surface area contributed by atoms with Crippen molar-refractivity contribution in [1.29, 1.82) is 0 Å². The molecule has 1 aliphatic rings. The molecule has 12 heteroatoms. The summed E-state index contributed by atoms with van der Waals surface area (Å²) in [5, 5.41) is 18.7. The van der Waals surface area contributed by atoms with Gasteiger partial charge in [0, 0.05) is 30.4 Å². The Balaban J connectivity index is 1.44. The third-order valence-electron chi connectivity index (χ3n) is 6.87. The molecule has 0 amide bonds. The predicted octanol–water partition coefficient (Wildman–Crippen LogP) is 4.21. The number of rotatable bonds is 8. The van der Waals surface area contributed by atoms with E-state index in [1.54, 1.807) is 40.8 Å². The second kappa shape index (κ2) is 10.2. The molecule has 0 spiro atoms. The number of hydrogen-bond acceptors (Lipinski definition) is 7. The van der Waals surface area contributed by atoms with Gasteiger partial charge in [0.2, 0.25) is 0 Å². The van der Waals surface area contributed by atoms with E-state index < -0.39 is 11.6 Å². The smallest absolute Gasteiger partial charge is 0.335 e. The lowest BCUT2D eigenvalue weighted by Crippen LogP contribution is -2.45. The van der Waals surface area contributed by atoms with E-state index in [9.17, 15) is 14.3 Å². The van der Waals surface area contributed by atoms with Crippen LogP contribution in [-0.4, -0.2) is 61.4 Å². The molecule has 0 radical (unpaired) electrons. The number of aromatic nitrogens is 5. The van der Waals surface area contributed by atoms with Gasteiger partial charge in [0.25, 0.3) is 0 Å². The molecular formula is C25H26BrFN6O4. The maximum atomic E-state index is 13.3. The van der Waals surface area contributed by atoms with E-state index in [1.807, 2.05) is 6.20 Å². The van der Waals surface area contributed by atoms with Crippen LogP contribution in [0.5, 0.6) is 0 Å². The molecule has 4 aromatic rings. The van der Waals surface area contributed by atoms with E-state index >= 15 is 0 Å². The summed E-state index contributed by atoms with van der Waals surface area (Å²) in [6.07, 6.45) is 7.06. The fourth-order valence-corrected chi connectivity index (χ4v) is 5.36. The Labute approximate surface area is 220 Å². The first kappa shape index (κ1) is 25.3. The lowest BCUT2D eigenvalue weighted by atomic mass is 9.77. The summed E-state index contributed by atoms with van der Waals surface area (Å²) in [5.74, 6) is -0.880. The Kier molecular flexibility index (Phi) is 6.97. The first-order valence-corrected chi connectivity index (χ1v) is 12.6. The molecule has 37 heavy (non-hydrogen) atoms. The highest BCUT2D eigenvalue weighted by molar-refractivity contribution is 9.10. The maximum absolute atomic E-state index is 13.3. The van der Waals surface area contributed by atoms with Gasteiger partial charge in [0.05, 0.1) is 41.5 Å². The van der Waals surface area contributed by atoms with Gasteiger partial charge in [0.15, 0.2) is 11.2 Å². The van der Waals surface area contributed by atoms with Crippen LogP contribution in [0.25, 0.3) is 22.5 Å². The fourth-order valence-electron chi connectivity index (χ4n) is 4.78. The highest BCUT2D eigenvalue weighted by Gasteiger charge is 2.44. The van der Waals surface area contributed by atoms with Crippen LogP contribution in [0, 0.1) is 5.82 Å². The number of carbonyl (C=O) groups is 1. The van der Waals surface area contributed by atoms with Gasteiger partial charge in [-0.1, -0.05) is 0 Å². The van der Waals surface area contributed by atoms with Crippen molar-refractivity contribution in [2.45, 2.75) is 37.2 Å². The van der Waals surface area contributed by atoms with Crippen LogP contribution in [0.2, 0.25) is 0 Å². The van der Waals surface area contributed by atoms with Crippen molar-refractivity contribution < 1.29 is 23.8 Å². The minimum atomic E-state index is -1.23. The summed E-state index contributed by atoms with van der Waals surface area (Å²) in [7, 11) is 1.55. The van der Waals surface area contributed by atoms with E-state index in [1.165, 1.54) is 12.1 Å².